The Bertz CT molecular complexity index is 448. The molecule has 1 heterocycles. The van der Waals surface area contributed by atoms with E-state index in [1.54, 1.807) is 6.20 Å². The fraction of sp³-hybridized carbons (Fsp3) is 0.733. The number of carbonyl (C=O) groups is 1. The van der Waals surface area contributed by atoms with Gasteiger partial charge in [-0.1, -0.05) is 25.7 Å². The van der Waals surface area contributed by atoms with Crippen LogP contribution in [0.5, 0.6) is 0 Å². The molecule has 1 saturated carbocycles. The van der Waals surface area contributed by atoms with Gasteiger partial charge in [0.05, 0.1) is 11.6 Å². The second-order valence-electron chi connectivity index (χ2n) is 5.90. The molecule has 0 spiro atoms. The van der Waals surface area contributed by atoms with Gasteiger partial charge in [0.1, 0.15) is 11.8 Å². The number of aromatic nitrogens is 1. The normalized spacial score (nSPS) is 20.1. The van der Waals surface area contributed by atoms with E-state index in [0.29, 0.717) is 12.4 Å². The van der Waals surface area contributed by atoms with Crippen LogP contribution in [0.2, 0.25) is 0 Å². The number of hydrogen-bond acceptors (Lipinski definition) is 4. The Morgan fingerprint density at radius 2 is 2.10 bits per heavy atom. The van der Waals surface area contributed by atoms with Crippen molar-refractivity contribution in [3.8, 4) is 0 Å². The fourth-order valence-electron chi connectivity index (χ4n) is 2.91. The molecule has 0 aliphatic heterocycles. The Morgan fingerprint density at radius 1 is 1.45 bits per heavy atom. The van der Waals surface area contributed by atoms with E-state index in [0.717, 1.165) is 31.4 Å². The Labute approximate surface area is 120 Å². The highest BCUT2D eigenvalue weighted by Gasteiger charge is 2.38. The summed E-state index contributed by atoms with van der Waals surface area (Å²) < 4.78 is 5.47. The van der Waals surface area contributed by atoms with Gasteiger partial charge in [-0.3, -0.25) is 4.79 Å². The smallest absolute Gasteiger partial charge is 0.228 e. The van der Waals surface area contributed by atoms with Gasteiger partial charge in [0.2, 0.25) is 11.8 Å². The molecule has 20 heavy (non-hydrogen) atoms. The van der Waals surface area contributed by atoms with Crippen molar-refractivity contribution in [1.82, 2.24) is 10.3 Å². The quantitative estimate of drug-likeness (QED) is 0.830. The summed E-state index contributed by atoms with van der Waals surface area (Å²) in [4.78, 5) is 16.8. The molecule has 1 fully saturated rings. The monoisotopic (exact) mass is 279 g/mol. The lowest BCUT2D eigenvalue weighted by molar-refractivity contribution is -0.132. The summed E-state index contributed by atoms with van der Waals surface area (Å²) in [6.07, 6.45) is 7.99. The predicted molar refractivity (Wildman–Crippen MR) is 77.0 cm³/mol. The summed E-state index contributed by atoms with van der Waals surface area (Å²) in [7, 11) is 0. The van der Waals surface area contributed by atoms with Gasteiger partial charge in [0.15, 0.2) is 0 Å². The van der Waals surface area contributed by atoms with Gasteiger partial charge in [-0.25, -0.2) is 4.98 Å². The van der Waals surface area contributed by atoms with Crippen molar-refractivity contribution >= 4 is 5.91 Å². The molecule has 5 heteroatoms. The number of amides is 1. The Kier molecular flexibility index (Phi) is 4.81. The van der Waals surface area contributed by atoms with Crippen LogP contribution in [0.25, 0.3) is 0 Å². The standard InChI is InChI=1S/C15H25N3O2/c1-11-9-17-13(20-11)12(2)18-14(19)15(10-16)7-5-3-4-6-8-15/h9,12H,3-8,10,16H2,1-2H3,(H,18,19). The minimum Gasteiger partial charge on any atom is -0.444 e. The van der Waals surface area contributed by atoms with Gasteiger partial charge in [0, 0.05) is 6.54 Å². The van der Waals surface area contributed by atoms with Gasteiger partial charge < -0.3 is 15.5 Å². The maximum absolute atomic E-state index is 12.6. The summed E-state index contributed by atoms with van der Waals surface area (Å²) in [5, 5.41) is 3.02. The second-order valence-corrected chi connectivity index (χ2v) is 5.90. The summed E-state index contributed by atoms with van der Waals surface area (Å²) >= 11 is 0. The third-order valence-corrected chi connectivity index (χ3v) is 4.29. The minimum absolute atomic E-state index is 0.0465. The molecule has 1 amide bonds. The SMILES string of the molecule is Cc1cnc(C(C)NC(=O)C2(CN)CCCCCC2)o1. The molecule has 1 aliphatic carbocycles. The van der Waals surface area contributed by atoms with Gasteiger partial charge >= 0.3 is 0 Å². The molecule has 112 valence electrons. The van der Waals surface area contributed by atoms with Crippen molar-refractivity contribution in [3.05, 3.63) is 17.8 Å². The van der Waals surface area contributed by atoms with Gasteiger partial charge in [0.25, 0.3) is 0 Å². The topological polar surface area (TPSA) is 81.2 Å². The molecule has 2 rings (SSSR count). The average molecular weight is 279 g/mol. The van der Waals surface area contributed by atoms with E-state index in [1.807, 2.05) is 13.8 Å². The number of hydrogen-bond donors (Lipinski definition) is 2. The van der Waals surface area contributed by atoms with Gasteiger partial charge in [-0.2, -0.15) is 0 Å². The molecule has 0 bridgehead atoms. The number of nitrogens with zero attached hydrogens (tertiary/aromatic N) is 1. The second kappa shape index (κ2) is 6.39. The number of rotatable bonds is 4. The summed E-state index contributed by atoms with van der Waals surface area (Å²) in [6, 6.07) is -0.220. The summed E-state index contributed by atoms with van der Waals surface area (Å²) in [6.45, 7) is 4.15. The number of nitrogens with two attached hydrogens (primary N) is 1. The van der Waals surface area contributed by atoms with Crippen LogP contribution >= 0.6 is 0 Å². The zero-order chi connectivity index (χ0) is 14.6. The summed E-state index contributed by atoms with van der Waals surface area (Å²) in [5.74, 6) is 1.35. The zero-order valence-electron chi connectivity index (χ0n) is 12.4. The van der Waals surface area contributed by atoms with E-state index in [9.17, 15) is 4.79 Å². The van der Waals surface area contributed by atoms with Crippen molar-refractivity contribution in [1.29, 1.82) is 0 Å². The highest BCUT2D eigenvalue weighted by molar-refractivity contribution is 5.83. The predicted octanol–water partition coefficient (Wildman–Crippen LogP) is 2.46. The van der Waals surface area contributed by atoms with Crippen LogP contribution in [0, 0.1) is 12.3 Å². The third-order valence-electron chi connectivity index (χ3n) is 4.29. The lowest BCUT2D eigenvalue weighted by atomic mass is 9.79. The molecule has 0 radical (unpaired) electrons. The molecule has 1 atom stereocenters. The number of nitrogens with one attached hydrogen (secondary N) is 1. The first-order valence-electron chi connectivity index (χ1n) is 7.51. The van der Waals surface area contributed by atoms with E-state index in [-0.39, 0.29) is 11.9 Å². The van der Waals surface area contributed by atoms with Gasteiger partial charge in [-0.05, 0) is 26.7 Å². The van der Waals surface area contributed by atoms with Crippen molar-refractivity contribution in [2.75, 3.05) is 6.54 Å². The Morgan fingerprint density at radius 3 is 2.60 bits per heavy atom. The number of oxazole rings is 1. The third kappa shape index (κ3) is 3.20. The fourth-order valence-corrected chi connectivity index (χ4v) is 2.91. The summed E-state index contributed by atoms with van der Waals surface area (Å²) in [5.41, 5.74) is 5.52. The first-order chi connectivity index (χ1) is 9.57. The highest BCUT2D eigenvalue weighted by Crippen LogP contribution is 2.35. The lowest BCUT2D eigenvalue weighted by Crippen LogP contribution is -2.46. The van der Waals surface area contributed by atoms with E-state index in [1.165, 1.54) is 12.8 Å². The van der Waals surface area contributed by atoms with Crippen LogP contribution in [0.1, 0.15) is 63.1 Å². The van der Waals surface area contributed by atoms with E-state index >= 15 is 0 Å². The molecule has 1 aromatic heterocycles. The van der Waals surface area contributed by atoms with Crippen LogP contribution in [-0.2, 0) is 4.79 Å². The maximum Gasteiger partial charge on any atom is 0.228 e. The first kappa shape index (κ1) is 15.0. The molecule has 5 nitrogen and oxygen atoms in total. The molecular formula is C15H25N3O2. The van der Waals surface area contributed by atoms with Crippen LogP contribution in [0.15, 0.2) is 10.6 Å². The zero-order valence-corrected chi connectivity index (χ0v) is 12.4. The minimum atomic E-state index is -0.410. The molecule has 1 aliphatic rings. The van der Waals surface area contributed by atoms with Crippen LogP contribution in [0.3, 0.4) is 0 Å². The van der Waals surface area contributed by atoms with Crippen molar-refractivity contribution in [2.45, 2.75) is 58.4 Å². The lowest BCUT2D eigenvalue weighted by Gasteiger charge is -2.30. The first-order valence-corrected chi connectivity index (χ1v) is 7.51. The molecule has 3 N–H and O–H groups in total. The van der Waals surface area contributed by atoms with Crippen LogP contribution in [0.4, 0.5) is 0 Å². The molecule has 1 unspecified atom stereocenters. The average Bonchev–Trinajstić information content (AvgIpc) is 2.73. The van der Waals surface area contributed by atoms with E-state index in [2.05, 4.69) is 10.3 Å². The van der Waals surface area contributed by atoms with Crippen molar-refractivity contribution < 1.29 is 9.21 Å². The Balaban J connectivity index is 2.05. The van der Waals surface area contributed by atoms with Crippen molar-refractivity contribution in [2.24, 2.45) is 11.1 Å². The number of aryl methyl sites for hydroxylation is 1. The Hall–Kier alpha value is -1.36. The molecule has 0 aromatic carbocycles. The maximum atomic E-state index is 12.6. The van der Waals surface area contributed by atoms with Gasteiger partial charge in [-0.15, -0.1) is 0 Å². The molecule has 0 saturated heterocycles. The number of carbonyl (C=O) groups excluding carboxylic acids is 1. The van der Waals surface area contributed by atoms with Crippen LogP contribution in [-0.4, -0.2) is 17.4 Å². The molecule has 1 aromatic rings. The van der Waals surface area contributed by atoms with E-state index < -0.39 is 5.41 Å². The van der Waals surface area contributed by atoms with E-state index in [4.69, 9.17) is 10.2 Å². The molecular weight excluding hydrogens is 254 g/mol. The van der Waals surface area contributed by atoms with Crippen LogP contribution < -0.4 is 11.1 Å². The largest absolute Gasteiger partial charge is 0.444 e. The van der Waals surface area contributed by atoms with Crippen molar-refractivity contribution in [3.63, 3.8) is 0 Å². The highest BCUT2D eigenvalue weighted by atomic mass is 16.4.